The van der Waals surface area contributed by atoms with Crippen LogP contribution in [0.25, 0.3) is 0 Å². The average molecular weight is 377 g/mol. The van der Waals surface area contributed by atoms with Gasteiger partial charge in [0.05, 0.1) is 12.6 Å². The molecular weight excluding hydrogens is 352 g/mol. The second-order valence-electron chi connectivity index (χ2n) is 7.02. The Kier molecular flexibility index (Phi) is 6.30. The van der Waals surface area contributed by atoms with Crippen LogP contribution in [0.4, 0.5) is 4.79 Å². The Morgan fingerprint density at radius 3 is 2.69 bits per heavy atom. The summed E-state index contributed by atoms with van der Waals surface area (Å²) in [5.74, 6) is -0.533. The van der Waals surface area contributed by atoms with Gasteiger partial charge < -0.3 is 10.1 Å². The number of aliphatic imine (C=N–C) groups is 1. The van der Waals surface area contributed by atoms with Gasteiger partial charge in [0.15, 0.2) is 0 Å². The van der Waals surface area contributed by atoms with E-state index in [9.17, 15) is 9.59 Å². The van der Waals surface area contributed by atoms with Crippen LogP contribution in [0.5, 0.6) is 0 Å². The monoisotopic (exact) mass is 376 g/mol. The molecule has 1 aromatic rings. The number of carbonyl (C=O) groups is 2. The number of rotatable bonds is 5. The molecule has 1 fully saturated rings. The zero-order valence-electron chi connectivity index (χ0n) is 15.0. The van der Waals surface area contributed by atoms with Crippen molar-refractivity contribution >= 4 is 29.3 Å². The molecule has 0 bridgehead atoms. The largest absolute Gasteiger partial charge is 0.465 e. The number of nitrogens with zero attached hydrogens (tertiary/aromatic N) is 1. The highest BCUT2D eigenvalue weighted by Crippen LogP contribution is 2.33. The second kappa shape index (κ2) is 8.67. The average Bonchev–Trinajstić information content (AvgIpc) is 2.66. The van der Waals surface area contributed by atoms with E-state index in [4.69, 9.17) is 16.3 Å². The van der Waals surface area contributed by atoms with Crippen LogP contribution in [0.15, 0.2) is 29.3 Å². The summed E-state index contributed by atoms with van der Waals surface area (Å²) in [5.41, 5.74) is 1.26. The van der Waals surface area contributed by atoms with Gasteiger partial charge in [0.2, 0.25) is 0 Å². The molecule has 0 spiro atoms. The summed E-state index contributed by atoms with van der Waals surface area (Å²) in [7, 11) is 0. The SMILES string of the molecule is CCC1=NC(=O)NC(c2ccccc2Cl)C1C(=O)OCC1CCCCC1. The molecule has 1 aliphatic heterocycles. The number of halogens is 1. The molecule has 0 radical (unpaired) electrons. The highest BCUT2D eigenvalue weighted by atomic mass is 35.5. The lowest BCUT2D eigenvalue weighted by atomic mass is 9.86. The van der Waals surface area contributed by atoms with E-state index in [2.05, 4.69) is 10.3 Å². The molecule has 2 amide bonds. The summed E-state index contributed by atoms with van der Waals surface area (Å²) in [5, 5.41) is 3.31. The van der Waals surface area contributed by atoms with Crippen LogP contribution in [0.1, 0.15) is 57.1 Å². The van der Waals surface area contributed by atoms with Crippen LogP contribution in [0.3, 0.4) is 0 Å². The zero-order valence-corrected chi connectivity index (χ0v) is 15.8. The first kappa shape index (κ1) is 18.9. The molecule has 0 aromatic heterocycles. The quantitative estimate of drug-likeness (QED) is 0.757. The summed E-state index contributed by atoms with van der Waals surface area (Å²) in [6, 6.07) is 6.25. The maximum absolute atomic E-state index is 12.9. The standard InChI is InChI=1S/C20H25ClN2O3/c1-2-16-17(19(24)26-12-13-8-4-3-5-9-13)18(23-20(25)22-16)14-10-6-7-11-15(14)21/h6-7,10-11,13,17-18H,2-5,8-9,12H2,1H3,(H,23,25). The molecule has 140 valence electrons. The van der Waals surface area contributed by atoms with E-state index < -0.39 is 18.0 Å². The molecule has 1 heterocycles. The van der Waals surface area contributed by atoms with Crippen molar-refractivity contribution in [1.29, 1.82) is 0 Å². The van der Waals surface area contributed by atoms with E-state index >= 15 is 0 Å². The van der Waals surface area contributed by atoms with Crippen molar-refractivity contribution in [1.82, 2.24) is 5.32 Å². The third kappa shape index (κ3) is 4.26. The Bertz CT molecular complexity index is 698. The fourth-order valence-corrected chi connectivity index (χ4v) is 4.09. The molecule has 2 aliphatic rings. The lowest BCUT2D eigenvalue weighted by Gasteiger charge is -2.31. The fourth-order valence-electron chi connectivity index (χ4n) is 3.84. The van der Waals surface area contributed by atoms with E-state index in [-0.39, 0.29) is 5.97 Å². The molecule has 3 rings (SSSR count). The molecule has 0 saturated heterocycles. The second-order valence-corrected chi connectivity index (χ2v) is 7.42. The number of nitrogens with one attached hydrogen (secondary N) is 1. The molecule has 2 atom stereocenters. The van der Waals surface area contributed by atoms with Gasteiger partial charge in [-0.2, -0.15) is 0 Å². The third-order valence-corrected chi connectivity index (χ3v) is 5.60. The Balaban J connectivity index is 1.81. The number of benzene rings is 1. The van der Waals surface area contributed by atoms with E-state index in [0.717, 1.165) is 12.8 Å². The van der Waals surface area contributed by atoms with Crippen LogP contribution in [0, 0.1) is 11.8 Å². The number of esters is 1. The first-order chi connectivity index (χ1) is 12.6. The first-order valence-electron chi connectivity index (χ1n) is 9.39. The molecule has 1 aromatic carbocycles. The topological polar surface area (TPSA) is 67.8 Å². The minimum absolute atomic E-state index is 0.332. The molecule has 2 unspecified atom stereocenters. The molecule has 1 saturated carbocycles. The van der Waals surface area contributed by atoms with Crippen molar-refractivity contribution in [3.8, 4) is 0 Å². The maximum Gasteiger partial charge on any atom is 0.341 e. The Morgan fingerprint density at radius 2 is 2.00 bits per heavy atom. The number of amides is 2. The fraction of sp³-hybridized carbons (Fsp3) is 0.550. The van der Waals surface area contributed by atoms with Crippen LogP contribution >= 0.6 is 11.6 Å². The van der Waals surface area contributed by atoms with Gasteiger partial charge in [-0.3, -0.25) is 4.79 Å². The van der Waals surface area contributed by atoms with Gasteiger partial charge >= 0.3 is 12.0 Å². The Morgan fingerprint density at radius 1 is 1.27 bits per heavy atom. The number of hydrogen-bond acceptors (Lipinski definition) is 3. The predicted molar refractivity (Wildman–Crippen MR) is 101 cm³/mol. The van der Waals surface area contributed by atoms with Crippen molar-refractivity contribution in [2.45, 2.75) is 51.5 Å². The van der Waals surface area contributed by atoms with Gasteiger partial charge in [-0.1, -0.05) is 56.0 Å². The number of urea groups is 1. The predicted octanol–water partition coefficient (Wildman–Crippen LogP) is 4.70. The van der Waals surface area contributed by atoms with Gasteiger partial charge in [0.25, 0.3) is 0 Å². The van der Waals surface area contributed by atoms with Crippen LogP contribution in [0.2, 0.25) is 5.02 Å². The van der Waals surface area contributed by atoms with Gasteiger partial charge in [0.1, 0.15) is 5.92 Å². The number of ether oxygens (including phenoxy) is 1. The number of hydrogen-bond donors (Lipinski definition) is 1. The molecular formula is C20H25ClN2O3. The van der Waals surface area contributed by atoms with E-state index in [1.807, 2.05) is 25.1 Å². The highest BCUT2D eigenvalue weighted by Gasteiger charge is 2.40. The molecule has 26 heavy (non-hydrogen) atoms. The molecule has 1 N–H and O–H groups in total. The van der Waals surface area contributed by atoms with Crippen LogP contribution in [-0.2, 0) is 9.53 Å². The summed E-state index contributed by atoms with van der Waals surface area (Å²) in [6.45, 7) is 2.33. The van der Waals surface area contributed by atoms with Crippen LogP contribution < -0.4 is 5.32 Å². The van der Waals surface area contributed by atoms with Crippen LogP contribution in [-0.4, -0.2) is 24.3 Å². The third-order valence-electron chi connectivity index (χ3n) is 5.26. The zero-order chi connectivity index (χ0) is 18.5. The Labute approximate surface area is 159 Å². The van der Waals surface area contributed by atoms with E-state index in [1.54, 1.807) is 6.07 Å². The summed E-state index contributed by atoms with van der Waals surface area (Å²) in [6.07, 6.45) is 6.39. The highest BCUT2D eigenvalue weighted by molar-refractivity contribution is 6.31. The van der Waals surface area contributed by atoms with Gasteiger partial charge in [-0.05, 0) is 36.8 Å². The normalized spacial score (nSPS) is 23.9. The number of carbonyl (C=O) groups excluding carboxylic acids is 2. The van der Waals surface area contributed by atoms with E-state index in [1.165, 1.54) is 19.3 Å². The molecule has 5 nitrogen and oxygen atoms in total. The summed E-state index contributed by atoms with van der Waals surface area (Å²) < 4.78 is 5.67. The van der Waals surface area contributed by atoms with Gasteiger partial charge in [-0.25, -0.2) is 9.79 Å². The van der Waals surface area contributed by atoms with E-state index in [0.29, 0.717) is 35.2 Å². The summed E-state index contributed by atoms with van der Waals surface area (Å²) in [4.78, 5) is 28.9. The van der Waals surface area contributed by atoms with Gasteiger partial charge in [0, 0.05) is 10.7 Å². The van der Waals surface area contributed by atoms with Crippen molar-refractivity contribution < 1.29 is 14.3 Å². The Hall–Kier alpha value is -1.88. The molecule has 1 aliphatic carbocycles. The maximum atomic E-state index is 12.9. The molecule has 6 heteroatoms. The summed E-state index contributed by atoms with van der Waals surface area (Å²) >= 11 is 6.32. The minimum Gasteiger partial charge on any atom is -0.465 e. The lowest BCUT2D eigenvalue weighted by molar-refractivity contribution is -0.148. The van der Waals surface area contributed by atoms with Crippen molar-refractivity contribution in [3.63, 3.8) is 0 Å². The van der Waals surface area contributed by atoms with Gasteiger partial charge in [-0.15, -0.1) is 0 Å². The van der Waals surface area contributed by atoms with Crippen molar-refractivity contribution in [2.24, 2.45) is 16.8 Å². The van der Waals surface area contributed by atoms with Crippen molar-refractivity contribution in [2.75, 3.05) is 6.61 Å². The minimum atomic E-state index is -0.638. The first-order valence-corrected chi connectivity index (χ1v) is 9.77. The lowest BCUT2D eigenvalue weighted by Crippen LogP contribution is -2.45. The smallest absolute Gasteiger partial charge is 0.341 e. The van der Waals surface area contributed by atoms with Crippen molar-refractivity contribution in [3.05, 3.63) is 34.9 Å².